The second-order valence-corrected chi connectivity index (χ2v) is 5.54. The fourth-order valence-electron chi connectivity index (χ4n) is 2.20. The fourth-order valence-corrected chi connectivity index (χ4v) is 3.28. The van der Waals surface area contributed by atoms with Crippen LogP contribution >= 0.6 is 11.3 Å². The quantitative estimate of drug-likeness (QED) is 0.854. The SMILES string of the molecule is COC(=O)c1cc(F)c2nc(N3CCNCC3)sc2c1. The van der Waals surface area contributed by atoms with Crippen molar-refractivity contribution in [2.75, 3.05) is 38.2 Å². The normalized spacial score (nSPS) is 15.6. The molecule has 7 heteroatoms. The summed E-state index contributed by atoms with van der Waals surface area (Å²) in [5.41, 5.74) is 0.532. The molecule has 20 heavy (non-hydrogen) atoms. The molecule has 0 bridgehead atoms. The Labute approximate surface area is 119 Å². The predicted molar refractivity (Wildman–Crippen MR) is 76.0 cm³/mol. The van der Waals surface area contributed by atoms with Crippen LogP contribution in [0.3, 0.4) is 0 Å². The van der Waals surface area contributed by atoms with Crippen molar-refractivity contribution in [3.05, 3.63) is 23.5 Å². The van der Waals surface area contributed by atoms with Crippen molar-refractivity contribution in [2.45, 2.75) is 0 Å². The molecule has 0 atom stereocenters. The van der Waals surface area contributed by atoms with Crippen molar-refractivity contribution in [2.24, 2.45) is 0 Å². The molecule has 1 fully saturated rings. The first-order chi connectivity index (χ1) is 9.69. The molecule has 1 aliphatic rings. The number of ether oxygens (including phenoxy) is 1. The molecule has 0 amide bonds. The van der Waals surface area contributed by atoms with E-state index >= 15 is 0 Å². The van der Waals surface area contributed by atoms with Crippen LogP contribution in [0.15, 0.2) is 12.1 Å². The number of carbonyl (C=O) groups excluding carboxylic acids is 1. The summed E-state index contributed by atoms with van der Waals surface area (Å²) in [5.74, 6) is -1.02. The number of rotatable bonds is 2. The number of anilines is 1. The third-order valence-corrected chi connectivity index (χ3v) is 4.31. The van der Waals surface area contributed by atoms with E-state index < -0.39 is 11.8 Å². The van der Waals surface area contributed by atoms with Gasteiger partial charge in [0.25, 0.3) is 0 Å². The molecule has 2 heterocycles. The zero-order valence-corrected chi connectivity index (χ0v) is 11.8. The molecule has 106 valence electrons. The summed E-state index contributed by atoms with van der Waals surface area (Å²) >= 11 is 1.40. The molecule has 5 nitrogen and oxygen atoms in total. The van der Waals surface area contributed by atoms with Crippen LogP contribution in [0.25, 0.3) is 10.2 Å². The average Bonchev–Trinajstić information content (AvgIpc) is 2.92. The lowest BCUT2D eigenvalue weighted by Gasteiger charge is -2.26. The Morgan fingerprint density at radius 1 is 1.45 bits per heavy atom. The van der Waals surface area contributed by atoms with Crippen LogP contribution in [0.4, 0.5) is 9.52 Å². The number of aromatic nitrogens is 1. The van der Waals surface area contributed by atoms with E-state index in [1.165, 1.54) is 24.5 Å². The third kappa shape index (κ3) is 2.34. The van der Waals surface area contributed by atoms with Crippen molar-refractivity contribution in [3.63, 3.8) is 0 Å². The van der Waals surface area contributed by atoms with E-state index in [1.807, 2.05) is 0 Å². The van der Waals surface area contributed by atoms with Gasteiger partial charge in [0.2, 0.25) is 0 Å². The second kappa shape index (κ2) is 5.34. The first-order valence-corrected chi connectivity index (χ1v) is 7.15. The molecule has 3 rings (SSSR count). The van der Waals surface area contributed by atoms with Crippen LogP contribution < -0.4 is 10.2 Å². The topological polar surface area (TPSA) is 54.5 Å². The van der Waals surface area contributed by atoms with E-state index in [-0.39, 0.29) is 5.56 Å². The molecule has 1 aromatic heterocycles. The van der Waals surface area contributed by atoms with E-state index in [9.17, 15) is 9.18 Å². The number of fused-ring (bicyclic) bond motifs is 1. The predicted octanol–water partition coefficient (Wildman–Crippen LogP) is 1.63. The summed E-state index contributed by atoms with van der Waals surface area (Å²) in [5, 5.41) is 4.06. The zero-order chi connectivity index (χ0) is 14.1. The monoisotopic (exact) mass is 295 g/mol. The zero-order valence-electron chi connectivity index (χ0n) is 11.0. The van der Waals surface area contributed by atoms with Crippen LogP contribution in [0.5, 0.6) is 0 Å². The van der Waals surface area contributed by atoms with Crippen LogP contribution in [-0.4, -0.2) is 44.2 Å². The fraction of sp³-hybridized carbons (Fsp3) is 0.385. The van der Waals surface area contributed by atoms with Crippen molar-refractivity contribution in [1.82, 2.24) is 10.3 Å². The first kappa shape index (κ1) is 13.3. The van der Waals surface area contributed by atoms with Crippen molar-refractivity contribution >= 4 is 32.7 Å². The van der Waals surface area contributed by atoms with Gasteiger partial charge in [0.1, 0.15) is 5.52 Å². The third-order valence-electron chi connectivity index (χ3n) is 3.25. The van der Waals surface area contributed by atoms with Crippen LogP contribution in [0.1, 0.15) is 10.4 Å². The van der Waals surface area contributed by atoms with E-state index in [0.717, 1.165) is 31.3 Å². The number of hydrogen-bond donors (Lipinski definition) is 1. The van der Waals surface area contributed by atoms with Gasteiger partial charge in [-0.1, -0.05) is 11.3 Å². The molecule has 0 unspecified atom stereocenters. The van der Waals surface area contributed by atoms with Crippen molar-refractivity contribution < 1.29 is 13.9 Å². The lowest BCUT2D eigenvalue weighted by Crippen LogP contribution is -2.43. The number of halogens is 1. The lowest BCUT2D eigenvalue weighted by atomic mass is 10.2. The molecule has 2 aromatic rings. The number of methoxy groups -OCH3 is 1. The highest BCUT2D eigenvalue weighted by Crippen LogP contribution is 2.31. The number of benzene rings is 1. The Hall–Kier alpha value is -1.73. The van der Waals surface area contributed by atoms with Gasteiger partial charge in [0.05, 0.1) is 17.4 Å². The Morgan fingerprint density at radius 2 is 2.20 bits per heavy atom. The molecule has 0 saturated carbocycles. The van der Waals surface area contributed by atoms with Crippen molar-refractivity contribution in [3.8, 4) is 0 Å². The molecule has 1 N–H and O–H groups in total. The highest BCUT2D eigenvalue weighted by atomic mass is 32.1. The van der Waals surface area contributed by atoms with Crippen molar-refractivity contribution in [1.29, 1.82) is 0 Å². The Morgan fingerprint density at radius 3 is 2.90 bits per heavy atom. The smallest absolute Gasteiger partial charge is 0.338 e. The summed E-state index contributed by atoms with van der Waals surface area (Å²) < 4.78 is 19.3. The Kier molecular flexibility index (Phi) is 3.54. The van der Waals surface area contributed by atoms with Crippen LogP contribution in [-0.2, 0) is 4.74 Å². The number of esters is 1. The molecule has 1 aliphatic heterocycles. The van der Waals surface area contributed by atoms with Gasteiger partial charge in [0.15, 0.2) is 10.9 Å². The maximum atomic E-state index is 14.0. The number of thiazole rings is 1. The van der Waals surface area contributed by atoms with E-state index in [4.69, 9.17) is 0 Å². The van der Waals surface area contributed by atoms with E-state index in [1.54, 1.807) is 6.07 Å². The van der Waals surface area contributed by atoms with Gasteiger partial charge in [-0.05, 0) is 12.1 Å². The highest BCUT2D eigenvalue weighted by Gasteiger charge is 2.18. The minimum absolute atomic E-state index is 0.216. The largest absolute Gasteiger partial charge is 0.465 e. The summed E-state index contributed by atoms with van der Waals surface area (Å²) in [7, 11) is 1.28. The van der Waals surface area contributed by atoms with Gasteiger partial charge in [-0.25, -0.2) is 14.2 Å². The van der Waals surface area contributed by atoms with E-state index in [2.05, 4.69) is 19.9 Å². The molecule has 1 saturated heterocycles. The minimum Gasteiger partial charge on any atom is -0.465 e. The number of nitrogens with one attached hydrogen (secondary N) is 1. The Balaban J connectivity index is 2.01. The van der Waals surface area contributed by atoms with Gasteiger partial charge < -0.3 is 15.0 Å². The molecular weight excluding hydrogens is 281 g/mol. The van der Waals surface area contributed by atoms with Gasteiger partial charge in [-0.2, -0.15) is 0 Å². The first-order valence-electron chi connectivity index (χ1n) is 6.33. The highest BCUT2D eigenvalue weighted by molar-refractivity contribution is 7.22. The molecule has 1 aromatic carbocycles. The van der Waals surface area contributed by atoms with Crippen LogP contribution in [0, 0.1) is 5.82 Å². The average molecular weight is 295 g/mol. The molecule has 0 radical (unpaired) electrons. The maximum absolute atomic E-state index is 14.0. The Bertz CT molecular complexity index is 652. The standard InChI is InChI=1S/C13H14FN3O2S/c1-19-12(18)8-6-9(14)11-10(7-8)20-13(16-11)17-4-2-15-3-5-17/h6-7,15H,2-5H2,1H3. The molecular formula is C13H14FN3O2S. The summed E-state index contributed by atoms with van der Waals surface area (Å²) in [6.07, 6.45) is 0. The minimum atomic E-state index is -0.539. The number of carbonyl (C=O) groups is 1. The van der Waals surface area contributed by atoms with Gasteiger partial charge in [0, 0.05) is 26.2 Å². The van der Waals surface area contributed by atoms with Crippen LogP contribution in [0.2, 0.25) is 0 Å². The number of nitrogens with zero attached hydrogens (tertiary/aromatic N) is 2. The van der Waals surface area contributed by atoms with E-state index in [0.29, 0.717) is 10.2 Å². The molecule has 0 spiro atoms. The van der Waals surface area contributed by atoms with Gasteiger partial charge in [-0.15, -0.1) is 0 Å². The summed E-state index contributed by atoms with van der Waals surface area (Å²) in [4.78, 5) is 18.0. The summed E-state index contributed by atoms with van der Waals surface area (Å²) in [6, 6.07) is 2.81. The molecule has 0 aliphatic carbocycles. The number of hydrogen-bond acceptors (Lipinski definition) is 6. The van der Waals surface area contributed by atoms with Gasteiger partial charge >= 0.3 is 5.97 Å². The maximum Gasteiger partial charge on any atom is 0.338 e. The lowest BCUT2D eigenvalue weighted by molar-refractivity contribution is 0.0600. The number of piperazine rings is 1. The summed E-state index contributed by atoms with van der Waals surface area (Å²) in [6.45, 7) is 3.49. The second-order valence-electron chi connectivity index (χ2n) is 4.53. The van der Waals surface area contributed by atoms with Gasteiger partial charge in [-0.3, -0.25) is 0 Å².